The molecule has 4 rings (SSSR count). The molecule has 196 valence electrons. The van der Waals surface area contributed by atoms with Crippen LogP contribution in [0.2, 0.25) is 0 Å². The van der Waals surface area contributed by atoms with Gasteiger partial charge in [0.15, 0.2) is 11.5 Å². The number of hydrogen-bond donors (Lipinski definition) is 1. The van der Waals surface area contributed by atoms with Crippen LogP contribution in [0.25, 0.3) is 21.9 Å². The van der Waals surface area contributed by atoms with Gasteiger partial charge in [-0.25, -0.2) is 9.59 Å². The topological polar surface area (TPSA) is 113 Å². The number of carboxylic acid groups (broad SMARTS) is 1. The fourth-order valence-electron chi connectivity index (χ4n) is 4.61. The molecule has 0 unspecified atom stereocenters. The third kappa shape index (κ3) is 4.66. The van der Waals surface area contributed by atoms with Crippen molar-refractivity contribution in [3.8, 4) is 28.4 Å². The van der Waals surface area contributed by atoms with E-state index in [1.165, 1.54) is 28.4 Å². The van der Waals surface area contributed by atoms with Crippen LogP contribution in [0.4, 0.5) is 0 Å². The molecule has 1 atom stereocenters. The van der Waals surface area contributed by atoms with Crippen LogP contribution in [-0.2, 0) is 16.0 Å². The van der Waals surface area contributed by atoms with E-state index in [0.29, 0.717) is 39.3 Å². The lowest BCUT2D eigenvalue weighted by Crippen LogP contribution is -2.36. The van der Waals surface area contributed by atoms with Crippen molar-refractivity contribution in [3.63, 3.8) is 0 Å². The average molecular weight is 518 g/mol. The minimum atomic E-state index is -1.40. The molecule has 9 heteroatoms. The molecular formula is C29H27NO8. The largest absolute Gasteiger partial charge is 0.493 e. The van der Waals surface area contributed by atoms with Crippen molar-refractivity contribution in [2.75, 3.05) is 28.4 Å². The summed E-state index contributed by atoms with van der Waals surface area (Å²) in [5.41, 5.74) is 0.596. The number of rotatable bonds is 9. The van der Waals surface area contributed by atoms with Gasteiger partial charge in [-0.15, -0.1) is 0 Å². The van der Waals surface area contributed by atoms with E-state index in [-0.39, 0.29) is 17.5 Å². The molecule has 38 heavy (non-hydrogen) atoms. The minimum Gasteiger partial charge on any atom is -0.493 e. The molecule has 0 bridgehead atoms. The summed E-state index contributed by atoms with van der Waals surface area (Å²) in [6, 6.07) is 17.5. The van der Waals surface area contributed by atoms with Crippen molar-refractivity contribution in [2.45, 2.75) is 12.5 Å². The first kappa shape index (κ1) is 26.3. The summed E-state index contributed by atoms with van der Waals surface area (Å²) in [5, 5.41) is 11.0. The molecule has 0 aliphatic rings. The Labute approximate surface area is 218 Å². The summed E-state index contributed by atoms with van der Waals surface area (Å²) in [4.78, 5) is 39.9. The fourth-order valence-corrected chi connectivity index (χ4v) is 4.61. The van der Waals surface area contributed by atoms with Crippen molar-refractivity contribution < 1.29 is 33.6 Å². The van der Waals surface area contributed by atoms with Gasteiger partial charge in [-0.05, 0) is 34.7 Å². The summed E-state index contributed by atoms with van der Waals surface area (Å²) >= 11 is 0. The standard InChI is InChI=1S/C29H27NO8/c1-35-22-15-18(16-23(36-2)26(22)37-3)24-19-12-8-9-13-20(19)27(31)30(25(24)29(34)38-4)21(28(32)33)14-17-10-6-5-7-11-17/h5-13,15-16,21H,14H2,1-4H3,(H,32,33)/t21-/m0/s1. The van der Waals surface area contributed by atoms with Gasteiger partial charge in [0.05, 0.1) is 28.4 Å². The predicted octanol–water partition coefficient (Wildman–Crippen LogP) is 4.35. The van der Waals surface area contributed by atoms with Crippen molar-refractivity contribution in [1.29, 1.82) is 0 Å². The van der Waals surface area contributed by atoms with Gasteiger partial charge >= 0.3 is 11.9 Å². The number of nitrogens with zero attached hydrogens (tertiary/aromatic N) is 1. The lowest BCUT2D eigenvalue weighted by molar-refractivity contribution is -0.141. The van der Waals surface area contributed by atoms with Crippen LogP contribution >= 0.6 is 0 Å². The van der Waals surface area contributed by atoms with Crippen LogP contribution < -0.4 is 19.8 Å². The first-order chi connectivity index (χ1) is 18.4. The molecule has 0 aliphatic heterocycles. The monoisotopic (exact) mass is 517 g/mol. The number of pyridine rings is 1. The third-order valence-electron chi connectivity index (χ3n) is 6.32. The molecule has 0 amide bonds. The smallest absolute Gasteiger partial charge is 0.355 e. The third-order valence-corrected chi connectivity index (χ3v) is 6.32. The highest BCUT2D eigenvalue weighted by Gasteiger charge is 2.32. The molecular weight excluding hydrogens is 490 g/mol. The van der Waals surface area contributed by atoms with Gasteiger partial charge in [-0.3, -0.25) is 9.36 Å². The van der Waals surface area contributed by atoms with Crippen molar-refractivity contribution in [3.05, 3.63) is 88.3 Å². The molecule has 3 aromatic carbocycles. The summed E-state index contributed by atoms with van der Waals surface area (Å²) in [6.45, 7) is 0. The molecule has 0 saturated carbocycles. The second-order valence-corrected chi connectivity index (χ2v) is 8.39. The molecule has 1 aromatic heterocycles. The van der Waals surface area contributed by atoms with E-state index in [0.717, 1.165) is 4.57 Å². The summed E-state index contributed by atoms with van der Waals surface area (Å²) in [7, 11) is 5.57. The molecule has 4 aromatic rings. The van der Waals surface area contributed by atoms with E-state index in [4.69, 9.17) is 18.9 Å². The second-order valence-electron chi connectivity index (χ2n) is 8.39. The number of carboxylic acids is 1. The first-order valence-corrected chi connectivity index (χ1v) is 11.7. The fraction of sp³-hybridized carbons (Fsp3) is 0.207. The summed E-state index contributed by atoms with van der Waals surface area (Å²) < 4.78 is 22.6. The second kappa shape index (κ2) is 11.1. The quantitative estimate of drug-likeness (QED) is 0.326. The number of esters is 1. The maximum Gasteiger partial charge on any atom is 0.355 e. The number of carbonyl (C=O) groups excluding carboxylic acids is 1. The number of carbonyl (C=O) groups is 2. The van der Waals surface area contributed by atoms with Crippen molar-refractivity contribution in [1.82, 2.24) is 4.57 Å². The van der Waals surface area contributed by atoms with E-state index in [1.807, 2.05) is 6.07 Å². The number of fused-ring (bicyclic) bond motifs is 1. The molecule has 9 nitrogen and oxygen atoms in total. The normalized spacial score (nSPS) is 11.6. The lowest BCUT2D eigenvalue weighted by atomic mass is 9.94. The zero-order valence-corrected chi connectivity index (χ0v) is 21.4. The van der Waals surface area contributed by atoms with Gasteiger partial charge in [0.2, 0.25) is 5.75 Å². The number of methoxy groups -OCH3 is 4. The molecule has 0 aliphatic carbocycles. The van der Waals surface area contributed by atoms with Gasteiger partial charge < -0.3 is 24.1 Å². The van der Waals surface area contributed by atoms with E-state index in [1.54, 1.807) is 60.7 Å². The van der Waals surface area contributed by atoms with Crippen molar-refractivity contribution >= 4 is 22.7 Å². The molecule has 0 spiro atoms. The minimum absolute atomic E-state index is 0.0346. The molecule has 1 N–H and O–H groups in total. The Balaban J connectivity index is 2.16. The number of benzene rings is 3. The Morgan fingerprint density at radius 3 is 1.95 bits per heavy atom. The summed E-state index contributed by atoms with van der Waals surface area (Å²) in [6.07, 6.45) is -0.0346. The molecule has 0 radical (unpaired) electrons. The number of aliphatic carboxylic acids is 1. The highest BCUT2D eigenvalue weighted by molar-refractivity contribution is 6.07. The highest BCUT2D eigenvalue weighted by atomic mass is 16.5. The van der Waals surface area contributed by atoms with Crippen LogP contribution in [-0.4, -0.2) is 50.1 Å². The SMILES string of the molecule is COC(=O)c1c(-c2cc(OC)c(OC)c(OC)c2)c2ccccc2c(=O)n1[C@@H](Cc1ccccc1)C(=O)O. The van der Waals surface area contributed by atoms with Crippen LogP contribution in [0.15, 0.2) is 71.5 Å². The Kier molecular flexibility index (Phi) is 7.66. The van der Waals surface area contributed by atoms with Crippen LogP contribution in [0.5, 0.6) is 17.2 Å². The number of aromatic nitrogens is 1. The zero-order valence-electron chi connectivity index (χ0n) is 21.4. The predicted molar refractivity (Wildman–Crippen MR) is 141 cm³/mol. The number of hydrogen-bond acceptors (Lipinski definition) is 7. The van der Waals surface area contributed by atoms with E-state index >= 15 is 0 Å². The van der Waals surface area contributed by atoms with Crippen LogP contribution in [0.3, 0.4) is 0 Å². The van der Waals surface area contributed by atoms with E-state index in [9.17, 15) is 19.5 Å². The van der Waals surface area contributed by atoms with Gasteiger partial charge in [0.1, 0.15) is 11.7 Å². The number of ether oxygens (including phenoxy) is 4. The maximum absolute atomic E-state index is 13.9. The zero-order chi connectivity index (χ0) is 27.4. The average Bonchev–Trinajstić information content (AvgIpc) is 2.95. The van der Waals surface area contributed by atoms with Crippen molar-refractivity contribution in [2.24, 2.45) is 0 Å². The summed E-state index contributed by atoms with van der Waals surface area (Å²) in [5.74, 6) is -1.16. The van der Waals surface area contributed by atoms with E-state index < -0.39 is 23.5 Å². The molecule has 0 saturated heterocycles. The lowest BCUT2D eigenvalue weighted by Gasteiger charge is -2.24. The Hall–Kier alpha value is -4.79. The van der Waals surface area contributed by atoms with Crippen LogP contribution in [0.1, 0.15) is 22.1 Å². The van der Waals surface area contributed by atoms with Gasteiger partial charge in [0, 0.05) is 17.4 Å². The van der Waals surface area contributed by atoms with Gasteiger partial charge in [0.25, 0.3) is 5.56 Å². The Morgan fingerprint density at radius 1 is 0.842 bits per heavy atom. The van der Waals surface area contributed by atoms with Crippen LogP contribution in [0, 0.1) is 0 Å². The molecule has 1 heterocycles. The van der Waals surface area contributed by atoms with E-state index in [2.05, 4.69) is 0 Å². The van der Waals surface area contributed by atoms with Gasteiger partial charge in [-0.1, -0.05) is 48.5 Å². The highest BCUT2D eigenvalue weighted by Crippen LogP contribution is 2.43. The first-order valence-electron chi connectivity index (χ1n) is 11.7. The van der Waals surface area contributed by atoms with Gasteiger partial charge in [-0.2, -0.15) is 0 Å². The Morgan fingerprint density at radius 2 is 1.42 bits per heavy atom. The maximum atomic E-state index is 13.9. The Bertz CT molecular complexity index is 1530. The molecule has 0 fully saturated rings.